The molecular weight excluding hydrogens is 661 g/mol. The lowest BCUT2D eigenvalue weighted by atomic mass is 10.1. The van der Waals surface area contributed by atoms with Gasteiger partial charge in [-0.3, -0.25) is 10.1 Å². The molecule has 48 heavy (non-hydrogen) atoms. The van der Waals surface area contributed by atoms with Gasteiger partial charge in [-0.15, -0.1) is 0 Å². The molecule has 246 valence electrons. The lowest BCUT2D eigenvalue weighted by Gasteiger charge is -2.16. The van der Waals surface area contributed by atoms with Crippen LogP contribution in [0.1, 0.15) is 29.9 Å². The summed E-state index contributed by atoms with van der Waals surface area (Å²) in [4.78, 5) is 44.4. The van der Waals surface area contributed by atoms with Gasteiger partial charge in [-0.25, -0.2) is 19.3 Å². The quantitative estimate of drug-likeness (QED) is 0.100. The largest absolute Gasteiger partial charge is 0.515 e. The van der Waals surface area contributed by atoms with E-state index in [2.05, 4.69) is 30.7 Å². The average molecular weight is 691 g/mol. The number of halogens is 2. The Kier molecular flexibility index (Phi) is 11.1. The number of aromatic nitrogens is 5. The summed E-state index contributed by atoms with van der Waals surface area (Å²) >= 11 is 12.9. The van der Waals surface area contributed by atoms with E-state index in [0.29, 0.717) is 45.5 Å². The Morgan fingerprint density at radius 1 is 1.04 bits per heavy atom. The third-order valence-corrected chi connectivity index (χ3v) is 7.28. The molecule has 1 atom stereocenters. The van der Waals surface area contributed by atoms with E-state index in [1.54, 1.807) is 55.5 Å². The van der Waals surface area contributed by atoms with Crippen molar-refractivity contribution >= 4 is 53.1 Å². The van der Waals surface area contributed by atoms with Gasteiger partial charge in [-0.05, 0) is 55.3 Å². The first kappa shape index (κ1) is 33.7. The van der Waals surface area contributed by atoms with Crippen LogP contribution in [0, 0.1) is 0 Å². The monoisotopic (exact) mass is 689 g/mol. The standard InChI is InChI=1S/C33H29Cl2N7O6/c1-3-47-33(45)48-28-19-42(41-40-28)26-15-12-23(34)18-22(26)11-16-27(43)37-25(17-20-7-5-4-6-8-20)31-38-29(30(35)39-31)21-9-13-24(14-10-21)36-32(44)46-2/h4-16,18-19,25H,3,17H2,1-2H3,(H,36,44)(H,37,43)(H,38,39)/b16-11+/t25-/m0/s1. The minimum atomic E-state index is -0.904. The molecule has 2 amide bonds. The summed E-state index contributed by atoms with van der Waals surface area (Å²) in [5.41, 5.74) is 3.73. The first-order valence-corrected chi connectivity index (χ1v) is 15.3. The number of ether oxygens (including phenoxy) is 3. The zero-order chi connectivity index (χ0) is 34.0. The maximum absolute atomic E-state index is 13.4. The molecule has 15 heteroatoms. The van der Waals surface area contributed by atoms with E-state index in [0.717, 1.165) is 5.56 Å². The lowest BCUT2D eigenvalue weighted by Crippen LogP contribution is -2.29. The summed E-state index contributed by atoms with van der Waals surface area (Å²) in [5, 5.41) is 14.2. The van der Waals surface area contributed by atoms with Gasteiger partial charge in [-0.2, -0.15) is 0 Å². The first-order valence-electron chi connectivity index (χ1n) is 14.5. The van der Waals surface area contributed by atoms with Crippen molar-refractivity contribution in [2.45, 2.75) is 19.4 Å². The molecule has 0 unspecified atom stereocenters. The maximum atomic E-state index is 13.4. The highest BCUT2D eigenvalue weighted by atomic mass is 35.5. The number of H-pyrrole nitrogens is 1. The number of amides is 2. The van der Waals surface area contributed by atoms with E-state index in [1.165, 1.54) is 24.1 Å². The molecule has 0 saturated heterocycles. The van der Waals surface area contributed by atoms with E-state index < -0.39 is 24.2 Å². The summed E-state index contributed by atoms with van der Waals surface area (Å²) in [6, 6.07) is 20.9. The van der Waals surface area contributed by atoms with Crippen LogP contribution in [0.15, 0.2) is 85.1 Å². The highest BCUT2D eigenvalue weighted by Gasteiger charge is 2.21. The molecule has 5 rings (SSSR count). The molecule has 2 heterocycles. The van der Waals surface area contributed by atoms with Crippen molar-refractivity contribution in [3.05, 3.63) is 112 Å². The van der Waals surface area contributed by atoms with E-state index in [-0.39, 0.29) is 17.6 Å². The van der Waals surface area contributed by atoms with E-state index in [4.69, 9.17) is 37.7 Å². The van der Waals surface area contributed by atoms with Crippen LogP contribution in [0.4, 0.5) is 15.3 Å². The van der Waals surface area contributed by atoms with E-state index in [9.17, 15) is 14.4 Å². The lowest BCUT2D eigenvalue weighted by molar-refractivity contribution is -0.117. The molecule has 0 spiro atoms. The topological polar surface area (TPSA) is 162 Å². The summed E-state index contributed by atoms with van der Waals surface area (Å²) in [7, 11) is 1.28. The smallest absolute Gasteiger partial charge is 0.453 e. The fraction of sp³-hybridized carbons (Fsp3) is 0.152. The van der Waals surface area contributed by atoms with Crippen molar-refractivity contribution in [2.75, 3.05) is 19.0 Å². The first-order chi connectivity index (χ1) is 23.2. The molecule has 3 N–H and O–H groups in total. The SMILES string of the molecule is CCOC(=O)Oc1cn(-c2ccc(Cl)cc2/C=C/C(=O)N[C@@H](Cc2ccccc2)c2nc(-c3ccc(NC(=O)OC)cc3)c(Cl)[nH]2)nn1. The van der Waals surface area contributed by atoms with Crippen LogP contribution in [0.2, 0.25) is 10.2 Å². The van der Waals surface area contributed by atoms with Crippen molar-refractivity contribution in [3.63, 3.8) is 0 Å². The number of nitrogens with one attached hydrogen (secondary N) is 3. The predicted octanol–water partition coefficient (Wildman–Crippen LogP) is 6.79. The fourth-order valence-corrected chi connectivity index (χ4v) is 5.00. The van der Waals surface area contributed by atoms with Crippen LogP contribution in [0.3, 0.4) is 0 Å². The Hall–Kier alpha value is -5.66. The molecule has 0 fully saturated rings. The maximum Gasteiger partial charge on any atom is 0.515 e. The van der Waals surface area contributed by atoms with Gasteiger partial charge in [0.2, 0.25) is 5.91 Å². The average Bonchev–Trinajstić information content (AvgIpc) is 3.70. The van der Waals surface area contributed by atoms with Crippen molar-refractivity contribution in [2.24, 2.45) is 0 Å². The van der Waals surface area contributed by atoms with Crippen LogP contribution < -0.4 is 15.4 Å². The zero-order valence-corrected chi connectivity index (χ0v) is 27.2. The van der Waals surface area contributed by atoms with Crippen molar-refractivity contribution in [3.8, 4) is 22.8 Å². The van der Waals surface area contributed by atoms with Crippen LogP contribution in [0.5, 0.6) is 5.88 Å². The number of aromatic amines is 1. The van der Waals surface area contributed by atoms with Gasteiger partial charge >= 0.3 is 12.2 Å². The summed E-state index contributed by atoms with van der Waals surface area (Å²) in [6.07, 6.45) is 3.26. The minimum Gasteiger partial charge on any atom is -0.453 e. The molecule has 0 bridgehead atoms. The van der Waals surface area contributed by atoms with Crippen molar-refractivity contribution in [1.29, 1.82) is 0 Å². The van der Waals surface area contributed by atoms with Crippen LogP contribution in [0.25, 0.3) is 23.0 Å². The molecule has 2 aromatic heterocycles. The number of carbonyl (C=O) groups excluding carboxylic acids is 3. The predicted molar refractivity (Wildman–Crippen MR) is 179 cm³/mol. The van der Waals surface area contributed by atoms with Crippen LogP contribution in [-0.4, -0.2) is 56.8 Å². The highest BCUT2D eigenvalue weighted by Crippen LogP contribution is 2.30. The Bertz CT molecular complexity index is 1930. The fourth-order valence-electron chi connectivity index (χ4n) is 4.57. The highest BCUT2D eigenvalue weighted by molar-refractivity contribution is 6.32. The second-order valence-corrected chi connectivity index (χ2v) is 10.9. The molecule has 0 aliphatic carbocycles. The number of hydrogen-bond acceptors (Lipinski definition) is 9. The number of methoxy groups -OCH3 is 1. The number of imidazole rings is 1. The summed E-state index contributed by atoms with van der Waals surface area (Å²) < 4.78 is 15.8. The Balaban J connectivity index is 1.37. The minimum absolute atomic E-state index is 0.0647. The third-order valence-electron chi connectivity index (χ3n) is 6.77. The summed E-state index contributed by atoms with van der Waals surface area (Å²) in [5.74, 6) is -0.0400. The van der Waals surface area contributed by atoms with Gasteiger partial charge in [0.1, 0.15) is 16.7 Å². The molecule has 0 radical (unpaired) electrons. The molecule has 0 aliphatic rings. The Morgan fingerprint density at radius 2 is 1.81 bits per heavy atom. The van der Waals surface area contributed by atoms with Gasteiger partial charge < -0.3 is 24.5 Å². The number of carbonyl (C=O) groups is 3. The second-order valence-electron chi connectivity index (χ2n) is 10.1. The third kappa shape index (κ3) is 8.78. The van der Waals surface area contributed by atoms with Gasteiger partial charge in [0, 0.05) is 27.9 Å². The number of nitrogens with zero attached hydrogens (tertiary/aromatic N) is 4. The number of rotatable bonds is 11. The summed E-state index contributed by atoms with van der Waals surface area (Å²) in [6.45, 7) is 1.80. The zero-order valence-electron chi connectivity index (χ0n) is 25.6. The molecular formula is C33H29Cl2N7O6. The van der Waals surface area contributed by atoms with Crippen LogP contribution in [-0.2, 0) is 20.7 Å². The van der Waals surface area contributed by atoms with Gasteiger partial charge in [0.05, 0.1) is 31.6 Å². The van der Waals surface area contributed by atoms with Gasteiger partial charge in [-0.1, -0.05) is 76.0 Å². The molecule has 5 aromatic rings. The molecule has 13 nitrogen and oxygen atoms in total. The Labute approximate surface area is 284 Å². The number of hydrogen-bond donors (Lipinski definition) is 3. The van der Waals surface area contributed by atoms with Crippen molar-refractivity contribution in [1.82, 2.24) is 30.3 Å². The van der Waals surface area contributed by atoms with Gasteiger partial charge in [0.15, 0.2) is 0 Å². The molecule has 0 aliphatic heterocycles. The normalized spacial score (nSPS) is 11.6. The van der Waals surface area contributed by atoms with Crippen LogP contribution >= 0.6 is 23.2 Å². The van der Waals surface area contributed by atoms with E-state index in [1.807, 2.05) is 30.3 Å². The molecule has 3 aromatic carbocycles. The van der Waals surface area contributed by atoms with E-state index >= 15 is 0 Å². The van der Waals surface area contributed by atoms with Gasteiger partial charge in [0.25, 0.3) is 5.88 Å². The number of benzene rings is 3. The Morgan fingerprint density at radius 3 is 2.54 bits per heavy atom. The van der Waals surface area contributed by atoms with Crippen molar-refractivity contribution < 1.29 is 28.6 Å². The second kappa shape index (κ2) is 15.8. The number of anilines is 1. The molecule has 0 saturated carbocycles.